The number of ether oxygens (including phenoxy) is 1. The second-order valence-electron chi connectivity index (χ2n) is 7.70. The molecule has 2 rings (SSSR count). The molecule has 1 aromatic carbocycles. The first-order valence-corrected chi connectivity index (χ1v) is 8.94. The van der Waals surface area contributed by atoms with Crippen molar-refractivity contribution in [3.63, 3.8) is 0 Å². The molecular weight excluding hydrogens is 318 g/mol. The maximum absolute atomic E-state index is 12.7. The summed E-state index contributed by atoms with van der Waals surface area (Å²) < 4.78 is 5.36. The van der Waals surface area contributed by atoms with Gasteiger partial charge in [-0.25, -0.2) is 0 Å². The minimum Gasteiger partial charge on any atom is -0.496 e. The van der Waals surface area contributed by atoms with Crippen LogP contribution in [0.3, 0.4) is 0 Å². The molecule has 0 bridgehead atoms. The summed E-state index contributed by atoms with van der Waals surface area (Å²) in [6, 6.07) is 7.65. The first-order valence-electron chi connectivity index (χ1n) is 8.94. The van der Waals surface area contributed by atoms with Gasteiger partial charge in [-0.15, -0.1) is 0 Å². The van der Waals surface area contributed by atoms with Gasteiger partial charge in [-0.2, -0.15) is 0 Å². The molecule has 1 saturated carbocycles. The summed E-state index contributed by atoms with van der Waals surface area (Å²) >= 11 is 0. The Labute approximate surface area is 149 Å². The van der Waals surface area contributed by atoms with Crippen LogP contribution in [0.2, 0.25) is 0 Å². The van der Waals surface area contributed by atoms with E-state index in [-0.39, 0.29) is 12.5 Å². The van der Waals surface area contributed by atoms with Crippen molar-refractivity contribution in [3.05, 3.63) is 29.8 Å². The summed E-state index contributed by atoms with van der Waals surface area (Å²) in [4.78, 5) is 24.5. The zero-order chi connectivity index (χ0) is 18.5. The van der Waals surface area contributed by atoms with E-state index in [1.54, 1.807) is 7.11 Å². The van der Waals surface area contributed by atoms with Gasteiger partial charge < -0.3 is 15.2 Å². The smallest absolute Gasteiger partial charge is 0.311 e. The lowest BCUT2D eigenvalue weighted by Crippen LogP contribution is -2.48. The number of para-hydroxylation sites is 1. The number of hydrogen-bond acceptors (Lipinski definition) is 3. The van der Waals surface area contributed by atoms with E-state index in [1.807, 2.05) is 38.1 Å². The molecule has 1 aromatic rings. The molecule has 0 unspecified atom stereocenters. The van der Waals surface area contributed by atoms with Crippen molar-refractivity contribution in [2.75, 3.05) is 13.7 Å². The summed E-state index contributed by atoms with van der Waals surface area (Å²) in [6.07, 6.45) is 4.69. The minimum atomic E-state index is -0.811. The van der Waals surface area contributed by atoms with Crippen LogP contribution < -0.4 is 10.1 Å². The third-order valence-corrected chi connectivity index (χ3v) is 5.29. The molecule has 0 radical (unpaired) electrons. The molecular formula is C20H29NO4. The van der Waals surface area contributed by atoms with Crippen LogP contribution in [0.4, 0.5) is 0 Å². The molecule has 138 valence electrons. The normalized spacial score (nSPS) is 16.9. The molecule has 0 aliphatic heterocycles. The van der Waals surface area contributed by atoms with Gasteiger partial charge in [0.2, 0.25) is 5.91 Å². The average Bonchev–Trinajstić information content (AvgIpc) is 2.60. The average molecular weight is 347 g/mol. The number of nitrogens with one attached hydrogen (secondary N) is 1. The first-order chi connectivity index (χ1) is 11.8. The van der Waals surface area contributed by atoms with Gasteiger partial charge in [0.1, 0.15) is 5.75 Å². The molecule has 25 heavy (non-hydrogen) atoms. The second-order valence-corrected chi connectivity index (χ2v) is 7.70. The van der Waals surface area contributed by atoms with Gasteiger partial charge in [0.15, 0.2) is 0 Å². The van der Waals surface area contributed by atoms with Crippen LogP contribution in [-0.4, -0.2) is 30.6 Å². The topological polar surface area (TPSA) is 75.6 Å². The van der Waals surface area contributed by atoms with Crippen molar-refractivity contribution in [2.24, 2.45) is 10.8 Å². The molecule has 0 heterocycles. The molecule has 0 saturated heterocycles. The SMILES string of the molecule is COc1ccccc1CC(C)(C)C(=O)NCC1(C(=O)O)CCCCC1. The molecule has 1 aliphatic carbocycles. The summed E-state index contributed by atoms with van der Waals surface area (Å²) in [7, 11) is 1.62. The highest BCUT2D eigenvalue weighted by atomic mass is 16.5. The van der Waals surface area contributed by atoms with E-state index in [1.165, 1.54) is 0 Å². The summed E-state index contributed by atoms with van der Waals surface area (Å²) in [5.41, 5.74) is -0.493. The Morgan fingerprint density at radius 3 is 2.44 bits per heavy atom. The fourth-order valence-electron chi connectivity index (χ4n) is 3.59. The number of carboxylic acid groups (broad SMARTS) is 1. The lowest BCUT2D eigenvalue weighted by atomic mass is 9.73. The van der Waals surface area contributed by atoms with Crippen LogP contribution in [0.1, 0.15) is 51.5 Å². The van der Waals surface area contributed by atoms with Gasteiger partial charge in [-0.3, -0.25) is 9.59 Å². The highest BCUT2D eigenvalue weighted by Gasteiger charge is 2.41. The standard InChI is InChI=1S/C20H29NO4/c1-19(2,13-15-9-5-6-10-16(15)25-3)17(22)21-14-20(18(23)24)11-7-4-8-12-20/h5-6,9-10H,4,7-8,11-14H2,1-3H3,(H,21,22)(H,23,24). The van der Waals surface area contributed by atoms with E-state index in [0.717, 1.165) is 30.6 Å². The van der Waals surface area contributed by atoms with Gasteiger partial charge in [-0.05, 0) is 30.9 Å². The van der Waals surface area contributed by atoms with E-state index in [9.17, 15) is 14.7 Å². The predicted molar refractivity (Wildman–Crippen MR) is 96.6 cm³/mol. The highest BCUT2D eigenvalue weighted by molar-refractivity contribution is 5.83. The Bertz CT molecular complexity index is 618. The summed E-state index contributed by atoms with van der Waals surface area (Å²) in [5.74, 6) is -0.155. The number of hydrogen-bond donors (Lipinski definition) is 2. The van der Waals surface area contributed by atoms with Crippen LogP contribution in [0.15, 0.2) is 24.3 Å². The van der Waals surface area contributed by atoms with Gasteiger partial charge in [-0.1, -0.05) is 51.3 Å². The zero-order valence-corrected chi connectivity index (χ0v) is 15.4. The molecule has 0 spiro atoms. The van der Waals surface area contributed by atoms with E-state index >= 15 is 0 Å². The molecule has 5 heteroatoms. The van der Waals surface area contributed by atoms with Crippen LogP contribution in [0, 0.1) is 10.8 Å². The fourth-order valence-corrected chi connectivity index (χ4v) is 3.59. The van der Waals surface area contributed by atoms with Crippen molar-refractivity contribution in [1.29, 1.82) is 0 Å². The lowest BCUT2D eigenvalue weighted by molar-refractivity contribution is -0.151. The van der Waals surface area contributed by atoms with E-state index < -0.39 is 16.8 Å². The third-order valence-electron chi connectivity index (χ3n) is 5.29. The number of aliphatic carboxylic acids is 1. The number of carboxylic acids is 1. The molecule has 1 aliphatic rings. The van der Waals surface area contributed by atoms with Gasteiger partial charge >= 0.3 is 5.97 Å². The molecule has 0 atom stereocenters. The van der Waals surface area contributed by atoms with Crippen molar-refractivity contribution in [1.82, 2.24) is 5.32 Å². The Hall–Kier alpha value is -2.04. The number of methoxy groups -OCH3 is 1. The number of rotatable bonds is 7. The van der Waals surface area contributed by atoms with Crippen LogP contribution in [0.25, 0.3) is 0 Å². The fraction of sp³-hybridized carbons (Fsp3) is 0.600. The molecule has 5 nitrogen and oxygen atoms in total. The van der Waals surface area contributed by atoms with Gasteiger partial charge in [0, 0.05) is 12.0 Å². The van der Waals surface area contributed by atoms with Gasteiger partial charge in [0.05, 0.1) is 12.5 Å². The Morgan fingerprint density at radius 2 is 1.84 bits per heavy atom. The largest absolute Gasteiger partial charge is 0.496 e. The number of amides is 1. The maximum atomic E-state index is 12.7. The summed E-state index contributed by atoms with van der Waals surface area (Å²) in [6.45, 7) is 3.96. The van der Waals surface area contributed by atoms with Crippen LogP contribution in [0.5, 0.6) is 5.75 Å². The predicted octanol–water partition coefficient (Wildman–Crippen LogP) is 3.42. The van der Waals surface area contributed by atoms with Crippen molar-refractivity contribution >= 4 is 11.9 Å². The Morgan fingerprint density at radius 1 is 1.20 bits per heavy atom. The monoisotopic (exact) mass is 347 g/mol. The zero-order valence-electron chi connectivity index (χ0n) is 15.4. The highest BCUT2D eigenvalue weighted by Crippen LogP contribution is 2.36. The molecule has 0 aromatic heterocycles. The first kappa shape index (κ1) is 19.3. The number of carbonyl (C=O) groups is 2. The molecule has 2 N–H and O–H groups in total. The van der Waals surface area contributed by atoms with Crippen molar-refractivity contribution < 1.29 is 19.4 Å². The van der Waals surface area contributed by atoms with Crippen LogP contribution in [-0.2, 0) is 16.0 Å². The third kappa shape index (κ3) is 4.53. The van der Waals surface area contributed by atoms with Gasteiger partial charge in [0.25, 0.3) is 0 Å². The van der Waals surface area contributed by atoms with E-state index in [2.05, 4.69) is 5.32 Å². The second kappa shape index (κ2) is 7.89. The van der Waals surface area contributed by atoms with Crippen molar-refractivity contribution in [2.45, 2.75) is 52.4 Å². The molecule has 1 fully saturated rings. The minimum absolute atomic E-state index is 0.121. The quantitative estimate of drug-likeness (QED) is 0.792. The van der Waals surface area contributed by atoms with E-state index in [4.69, 9.17) is 4.74 Å². The number of benzene rings is 1. The van der Waals surface area contributed by atoms with Crippen LogP contribution >= 0.6 is 0 Å². The van der Waals surface area contributed by atoms with E-state index in [0.29, 0.717) is 19.3 Å². The Balaban J connectivity index is 2.04. The number of carbonyl (C=O) groups excluding carboxylic acids is 1. The maximum Gasteiger partial charge on any atom is 0.311 e. The Kier molecular flexibility index (Phi) is 6.09. The molecule has 1 amide bonds. The van der Waals surface area contributed by atoms with Crippen molar-refractivity contribution in [3.8, 4) is 5.75 Å². The summed E-state index contributed by atoms with van der Waals surface area (Å²) in [5, 5.41) is 12.6. The lowest BCUT2D eigenvalue weighted by Gasteiger charge is -2.34.